The Labute approximate surface area is 202 Å². The van der Waals surface area contributed by atoms with Crippen LogP contribution in [0.4, 0.5) is 0 Å². The van der Waals surface area contributed by atoms with Gasteiger partial charge in [-0.2, -0.15) is 0 Å². The Kier molecular flexibility index (Phi) is 6.84. The molecule has 6 nitrogen and oxygen atoms in total. The number of ether oxygens (including phenoxy) is 2. The van der Waals surface area contributed by atoms with E-state index in [0.29, 0.717) is 32.3 Å². The number of nitrogens with zero attached hydrogens (tertiary/aromatic N) is 2. The van der Waals surface area contributed by atoms with Crippen molar-refractivity contribution in [2.45, 2.75) is 39.7 Å². The van der Waals surface area contributed by atoms with Crippen LogP contribution in [0, 0.1) is 0 Å². The number of rotatable bonds is 6. The third-order valence-electron chi connectivity index (χ3n) is 5.86. The van der Waals surface area contributed by atoms with E-state index in [4.69, 9.17) is 9.47 Å². The molecule has 0 saturated carbocycles. The number of allylic oxidation sites excluding steroid dienone is 1. The highest BCUT2D eigenvalue weighted by Gasteiger charge is 2.33. The van der Waals surface area contributed by atoms with E-state index in [1.54, 1.807) is 25.5 Å². The molecule has 2 aromatic carbocycles. The van der Waals surface area contributed by atoms with Crippen LogP contribution in [0.5, 0.6) is 5.75 Å². The summed E-state index contributed by atoms with van der Waals surface area (Å²) in [4.78, 5) is 31.8. The number of esters is 1. The van der Waals surface area contributed by atoms with Gasteiger partial charge in [0, 0.05) is 5.56 Å². The lowest BCUT2D eigenvalue weighted by Gasteiger charge is -2.25. The highest BCUT2D eigenvalue weighted by molar-refractivity contribution is 7.07. The van der Waals surface area contributed by atoms with Gasteiger partial charge in [-0.05, 0) is 43.0 Å². The number of hydrogen-bond acceptors (Lipinski definition) is 6. The molecule has 0 spiro atoms. The van der Waals surface area contributed by atoms with E-state index in [1.165, 1.54) is 16.9 Å². The van der Waals surface area contributed by atoms with Gasteiger partial charge in [-0.15, -0.1) is 0 Å². The molecule has 0 saturated heterocycles. The third kappa shape index (κ3) is 4.35. The molecule has 0 radical (unpaired) electrons. The molecule has 1 aliphatic rings. The first-order valence-electron chi connectivity index (χ1n) is 11.3. The van der Waals surface area contributed by atoms with Crippen LogP contribution in [0.3, 0.4) is 0 Å². The Hall–Kier alpha value is -3.45. The molecule has 3 aromatic rings. The van der Waals surface area contributed by atoms with Crippen LogP contribution in [0.25, 0.3) is 6.08 Å². The lowest BCUT2D eigenvalue weighted by molar-refractivity contribution is -0.139. The van der Waals surface area contributed by atoms with Crippen molar-refractivity contribution < 1.29 is 14.3 Å². The third-order valence-corrected chi connectivity index (χ3v) is 6.84. The van der Waals surface area contributed by atoms with E-state index in [9.17, 15) is 9.59 Å². The van der Waals surface area contributed by atoms with Gasteiger partial charge in [-0.3, -0.25) is 9.36 Å². The second-order valence-corrected chi connectivity index (χ2v) is 9.37. The Bertz CT molecular complexity index is 1430. The number of aromatic nitrogens is 1. The van der Waals surface area contributed by atoms with E-state index in [0.717, 1.165) is 11.1 Å². The quantitative estimate of drug-likeness (QED) is 0.506. The second kappa shape index (κ2) is 9.81. The molecular weight excluding hydrogens is 448 g/mol. The Morgan fingerprint density at radius 1 is 1.18 bits per heavy atom. The number of carbonyl (C=O) groups excluding carboxylic acids is 1. The summed E-state index contributed by atoms with van der Waals surface area (Å²) in [5.41, 5.74) is 3.56. The molecular formula is C27H28N2O4S. The summed E-state index contributed by atoms with van der Waals surface area (Å²) in [5.74, 6) is 0.594. The smallest absolute Gasteiger partial charge is 0.338 e. The van der Waals surface area contributed by atoms with Gasteiger partial charge < -0.3 is 9.47 Å². The van der Waals surface area contributed by atoms with Crippen molar-refractivity contribution in [2.75, 3.05) is 13.7 Å². The minimum Gasteiger partial charge on any atom is -0.496 e. The van der Waals surface area contributed by atoms with Crippen LogP contribution in [-0.4, -0.2) is 24.3 Å². The summed E-state index contributed by atoms with van der Waals surface area (Å²) in [5, 5.41) is 0. The van der Waals surface area contributed by atoms with Crippen molar-refractivity contribution in [2.24, 2.45) is 4.99 Å². The maximum absolute atomic E-state index is 13.7. The monoisotopic (exact) mass is 476 g/mol. The topological polar surface area (TPSA) is 69.9 Å². The van der Waals surface area contributed by atoms with Crippen LogP contribution in [0.1, 0.15) is 56.3 Å². The lowest BCUT2D eigenvalue weighted by atomic mass is 9.93. The summed E-state index contributed by atoms with van der Waals surface area (Å²) in [6, 6.07) is 15.0. The van der Waals surface area contributed by atoms with Crippen molar-refractivity contribution in [3.05, 3.63) is 96.2 Å². The van der Waals surface area contributed by atoms with Crippen molar-refractivity contribution in [1.29, 1.82) is 0 Å². The molecule has 1 atom stereocenters. The van der Waals surface area contributed by atoms with Gasteiger partial charge in [0.25, 0.3) is 5.56 Å². The molecule has 1 aliphatic heterocycles. The summed E-state index contributed by atoms with van der Waals surface area (Å²) < 4.78 is 12.9. The predicted octanol–water partition coefficient (Wildman–Crippen LogP) is 3.93. The van der Waals surface area contributed by atoms with Crippen LogP contribution in [-0.2, 0) is 9.53 Å². The van der Waals surface area contributed by atoms with Gasteiger partial charge in [0.1, 0.15) is 5.75 Å². The SMILES string of the molecule is CCOC(=O)C1=C(C)N=c2sc(=Cc3ccccc3OC)c(=O)n2[C@H]1c1ccc(C(C)C)cc1. The summed E-state index contributed by atoms with van der Waals surface area (Å²) in [6.45, 7) is 8.06. The summed E-state index contributed by atoms with van der Waals surface area (Å²) in [7, 11) is 1.60. The van der Waals surface area contributed by atoms with Gasteiger partial charge in [0.15, 0.2) is 4.80 Å². The number of para-hydroxylation sites is 1. The fourth-order valence-electron chi connectivity index (χ4n) is 4.10. The molecule has 0 bridgehead atoms. The molecule has 0 aliphatic carbocycles. The van der Waals surface area contributed by atoms with Crippen molar-refractivity contribution in [3.8, 4) is 5.75 Å². The first kappa shape index (κ1) is 23.7. The van der Waals surface area contributed by atoms with E-state index in [-0.39, 0.29) is 12.2 Å². The zero-order valence-corrected chi connectivity index (χ0v) is 20.8. The number of thiazole rings is 1. The highest BCUT2D eigenvalue weighted by Crippen LogP contribution is 2.31. The molecule has 0 N–H and O–H groups in total. The zero-order chi connectivity index (χ0) is 24.4. The highest BCUT2D eigenvalue weighted by atomic mass is 32.1. The van der Waals surface area contributed by atoms with Gasteiger partial charge >= 0.3 is 5.97 Å². The Balaban J connectivity index is 1.95. The molecule has 7 heteroatoms. The van der Waals surface area contributed by atoms with Crippen molar-refractivity contribution in [1.82, 2.24) is 4.57 Å². The first-order valence-corrected chi connectivity index (χ1v) is 12.1. The van der Waals surface area contributed by atoms with Crippen LogP contribution in [0.2, 0.25) is 0 Å². The minimum absolute atomic E-state index is 0.207. The van der Waals surface area contributed by atoms with Crippen molar-refractivity contribution >= 4 is 23.4 Å². The van der Waals surface area contributed by atoms with Gasteiger partial charge in [0.2, 0.25) is 0 Å². The fraction of sp³-hybridized carbons (Fsp3) is 0.296. The normalized spacial score (nSPS) is 15.8. The summed E-state index contributed by atoms with van der Waals surface area (Å²) >= 11 is 1.30. The second-order valence-electron chi connectivity index (χ2n) is 8.37. The Morgan fingerprint density at radius 2 is 1.88 bits per heavy atom. The first-order chi connectivity index (χ1) is 16.3. The van der Waals surface area contributed by atoms with E-state index in [2.05, 4.69) is 18.8 Å². The van der Waals surface area contributed by atoms with Gasteiger partial charge in [0.05, 0.1) is 35.6 Å². The number of benzene rings is 2. The average molecular weight is 477 g/mol. The largest absolute Gasteiger partial charge is 0.496 e. The van der Waals surface area contributed by atoms with Crippen LogP contribution in [0.15, 0.2) is 69.6 Å². The molecule has 0 fully saturated rings. The average Bonchev–Trinajstić information content (AvgIpc) is 3.13. The number of hydrogen-bond donors (Lipinski definition) is 0. The molecule has 0 unspecified atom stereocenters. The molecule has 0 amide bonds. The number of methoxy groups -OCH3 is 1. The zero-order valence-electron chi connectivity index (χ0n) is 20.0. The number of fused-ring (bicyclic) bond motifs is 1. The maximum Gasteiger partial charge on any atom is 0.338 e. The molecule has 4 rings (SSSR count). The van der Waals surface area contributed by atoms with E-state index in [1.807, 2.05) is 54.6 Å². The van der Waals surface area contributed by atoms with Gasteiger partial charge in [-0.25, -0.2) is 9.79 Å². The standard InChI is InChI=1S/C27H28N2O4S/c1-6-33-26(31)23-17(4)28-27-29(24(23)19-13-11-18(12-14-19)16(2)3)25(30)22(34-27)15-20-9-7-8-10-21(20)32-5/h7-16,24H,6H2,1-5H3/t24-/m0/s1. The molecule has 34 heavy (non-hydrogen) atoms. The summed E-state index contributed by atoms with van der Waals surface area (Å²) in [6.07, 6.45) is 1.81. The Morgan fingerprint density at radius 3 is 2.53 bits per heavy atom. The molecule has 1 aromatic heterocycles. The van der Waals surface area contributed by atoms with E-state index >= 15 is 0 Å². The fourth-order valence-corrected chi connectivity index (χ4v) is 5.13. The molecule has 2 heterocycles. The van der Waals surface area contributed by atoms with E-state index < -0.39 is 12.0 Å². The van der Waals surface area contributed by atoms with Crippen LogP contribution < -0.4 is 19.6 Å². The van der Waals surface area contributed by atoms with Crippen molar-refractivity contribution in [3.63, 3.8) is 0 Å². The minimum atomic E-state index is -0.615. The van der Waals surface area contributed by atoms with Gasteiger partial charge in [-0.1, -0.05) is 67.6 Å². The predicted molar refractivity (Wildman–Crippen MR) is 134 cm³/mol. The lowest BCUT2D eigenvalue weighted by Crippen LogP contribution is -2.39. The maximum atomic E-state index is 13.7. The molecule has 176 valence electrons. The number of carbonyl (C=O) groups is 1. The van der Waals surface area contributed by atoms with Crippen LogP contribution >= 0.6 is 11.3 Å².